The molecule has 35 heavy (non-hydrogen) atoms. The van der Waals surface area contributed by atoms with Crippen LogP contribution >= 0.6 is 0 Å². The van der Waals surface area contributed by atoms with Gasteiger partial charge in [-0.25, -0.2) is 19.2 Å². The van der Waals surface area contributed by atoms with Crippen LogP contribution in [0.5, 0.6) is 0 Å². The van der Waals surface area contributed by atoms with E-state index in [0.717, 1.165) is 0 Å². The van der Waals surface area contributed by atoms with E-state index in [1.807, 2.05) is 6.07 Å². The van der Waals surface area contributed by atoms with E-state index >= 15 is 0 Å². The van der Waals surface area contributed by atoms with Gasteiger partial charge in [0.05, 0.1) is 5.92 Å². The van der Waals surface area contributed by atoms with Gasteiger partial charge in [0.2, 0.25) is 0 Å². The minimum absolute atomic E-state index is 0.0972. The predicted octanol–water partition coefficient (Wildman–Crippen LogP) is 2.53. The zero-order valence-corrected chi connectivity index (χ0v) is 18.3. The molecule has 2 aromatic rings. The lowest BCUT2D eigenvalue weighted by molar-refractivity contribution is -0.138. The molecule has 2 rings (SSSR count). The highest BCUT2D eigenvalue weighted by atomic mass is 16.4. The van der Waals surface area contributed by atoms with Gasteiger partial charge in [-0.1, -0.05) is 48.5 Å². The summed E-state index contributed by atoms with van der Waals surface area (Å²) in [7, 11) is 0. The average Bonchev–Trinajstić information content (AvgIpc) is 2.82. The smallest absolute Gasteiger partial charge is 0.328 e. The average molecular weight is 486 g/mol. The van der Waals surface area contributed by atoms with E-state index in [4.69, 9.17) is 25.5 Å². The number of carboxylic acids is 5. The maximum Gasteiger partial charge on any atom is 0.328 e. The van der Waals surface area contributed by atoms with Gasteiger partial charge in [-0.05, 0) is 18.6 Å². The van der Waals surface area contributed by atoms with E-state index < -0.39 is 35.8 Å². The van der Waals surface area contributed by atoms with Gasteiger partial charge in [0, 0.05) is 35.4 Å². The van der Waals surface area contributed by atoms with Crippen LogP contribution in [-0.4, -0.2) is 61.2 Å². The Bertz CT molecular complexity index is 1050. The van der Waals surface area contributed by atoms with E-state index in [2.05, 4.69) is 0 Å². The fourth-order valence-corrected chi connectivity index (χ4v) is 2.13. The fourth-order valence-electron chi connectivity index (χ4n) is 2.13. The molecule has 1 atom stereocenters. The Morgan fingerprint density at radius 1 is 0.600 bits per heavy atom. The fraction of sp³-hybridized carbons (Fsp3) is 0.0833. The van der Waals surface area contributed by atoms with Gasteiger partial charge in [-0.15, -0.1) is 0 Å². The predicted molar refractivity (Wildman–Crippen MR) is 121 cm³/mol. The van der Waals surface area contributed by atoms with E-state index in [-0.39, 0.29) is 5.78 Å². The van der Waals surface area contributed by atoms with Gasteiger partial charge < -0.3 is 25.5 Å². The van der Waals surface area contributed by atoms with Crippen LogP contribution in [0.15, 0.2) is 78.9 Å². The van der Waals surface area contributed by atoms with Crippen LogP contribution in [0.3, 0.4) is 0 Å². The minimum atomic E-state index is -1.26. The molecule has 0 heterocycles. The molecule has 0 radical (unpaired) electrons. The molecule has 0 aliphatic heterocycles. The topological polar surface area (TPSA) is 204 Å². The number of rotatable bonds is 8. The van der Waals surface area contributed by atoms with Crippen LogP contribution in [0.2, 0.25) is 0 Å². The van der Waals surface area contributed by atoms with E-state index in [0.29, 0.717) is 41.0 Å². The zero-order chi connectivity index (χ0) is 27.0. The van der Waals surface area contributed by atoms with Crippen molar-refractivity contribution in [3.05, 3.63) is 95.6 Å². The molecule has 184 valence electrons. The number of carboxylic acid groups (broad SMARTS) is 5. The molecule has 0 saturated heterocycles. The highest BCUT2D eigenvalue weighted by Crippen LogP contribution is 2.18. The third-order valence-electron chi connectivity index (χ3n) is 3.79. The van der Waals surface area contributed by atoms with Crippen molar-refractivity contribution in [2.45, 2.75) is 12.8 Å². The van der Waals surface area contributed by atoms with Crippen molar-refractivity contribution in [3.8, 4) is 0 Å². The second-order valence-corrected chi connectivity index (χ2v) is 6.40. The van der Waals surface area contributed by atoms with Crippen LogP contribution < -0.4 is 0 Å². The molecule has 0 bridgehead atoms. The summed E-state index contributed by atoms with van der Waals surface area (Å²) in [5.74, 6) is -6.65. The lowest BCUT2D eigenvalue weighted by Gasteiger charge is -2.08. The quantitative estimate of drug-likeness (QED) is 0.271. The Hall–Kier alpha value is -5.06. The second-order valence-electron chi connectivity index (χ2n) is 6.40. The summed E-state index contributed by atoms with van der Waals surface area (Å²) in [6.45, 7) is 1.61. The molecule has 0 fully saturated rings. The summed E-state index contributed by atoms with van der Waals surface area (Å²) in [6, 6.07) is 15.7. The van der Waals surface area contributed by atoms with Crippen molar-refractivity contribution in [2.75, 3.05) is 0 Å². The number of ketones is 1. The van der Waals surface area contributed by atoms with Crippen molar-refractivity contribution in [1.29, 1.82) is 0 Å². The molecule has 11 nitrogen and oxygen atoms in total. The number of carbonyl (C=O) groups excluding carboxylic acids is 1. The first-order valence-corrected chi connectivity index (χ1v) is 9.55. The van der Waals surface area contributed by atoms with Gasteiger partial charge in [0.15, 0.2) is 5.78 Å². The lowest BCUT2D eigenvalue weighted by atomic mass is 9.96. The summed E-state index contributed by atoms with van der Waals surface area (Å²) in [6.07, 6.45) is 2.23. The number of hydrogen-bond donors (Lipinski definition) is 5. The van der Waals surface area contributed by atoms with E-state index in [1.165, 1.54) is 0 Å². The molecule has 0 spiro atoms. The van der Waals surface area contributed by atoms with Gasteiger partial charge in [-0.2, -0.15) is 0 Å². The first-order chi connectivity index (χ1) is 16.3. The van der Waals surface area contributed by atoms with Crippen molar-refractivity contribution in [3.63, 3.8) is 0 Å². The number of carbonyl (C=O) groups is 6. The van der Waals surface area contributed by atoms with Crippen LogP contribution in [0.1, 0.15) is 34.3 Å². The normalized spacial score (nSPS) is 10.8. The summed E-state index contributed by atoms with van der Waals surface area (Å²) in [5.41, 5.74) is 1.74. The molecule has 11 heteroatoms. The molecule has 1 unspecified atom stereocenters. The van der Waals surface area contributed by atoms with Gasteiger partial charge in [0.1, 0.15) is 0 Å². The highest BCUT2D eigenvalue weighted by Gasteiger charge is 2.16. The highest BCUT2D eigenvalue weighted by molar-refractivity contribution is 6.09. The molecule has 0 aliphatic carbocycles. The summed E-state index contributed by atoms with van der Waals surface area (Å²) in [5, 5.41) is 40.2. The third-order valence-corrected chi connectivity index (χ3v) is 3.79. The number of aliphatic carboxylic acids is 5. The summed E-state index contributed by atoms with van der Waals surface area (Å²) in [4.78, 5) is 61.4. The molecule has 0 amide bonds. The van der Waals surface area contributed by atoms with Crippen molar-refractivity contribution in [2.24, 2.45) is 0 Å². The Morgan fingerprint density at radius 3 is 1.37 bits per heavy atom. The number of hydrogen-bond acceptors (Lipinski definition) is 6. The molecule has 0 aromatic heterocycles. The molecule has 5 N–H and O–H groups in total. The number of benzene rings is 2. The Morgan fingerprint density at radius 2 is 1.00 bits per heavy atom. The van der Waals surface area contributed by atoms with Crippen LogP contribution in [0.4, 0.5) is 0 Å². The summed E-state index contributed by atoms with van der Waals surface area (Å²) >= 11 is 0. The second kappa shape index (κ2) is 15.7. The van der Waals surface area contributed by atoms with E-state index in [1.54, 1.807) is 55.5 Å². The Labute approximate surface area is 198 Å². The summed E-state index contributed by atoms with van der Waals surface area (Å²) < 4.78 is 0. The minimum Gasteiger partial charge on any atom is -0.481 e. The Kier molecular flexibility index (Phi) is 13.4. The van der Waals surface area contributed by atoms with Crippen LogP contribution in [0, 0.1) is 0 Å². The first-order valence-electron chi connectivity index (χ1n) is 9.55. The lowest BCUT2D eigenvalue weighted by Crippen LogP contribution is -2.09. The van der Waals surface area contributed by atoms with Crippen LogP contribution in [-0.2, 0) is 24.0 Å². The maximum atomic E-state index is 12.2. The van der Waals surface area contributed by atoms with Gasteiger partial charge in [-0.3, -0.25) is 9.59 Å². The van der Waals surface area contributed by atoms with E-state index in [9.17, 15) is 28.8 Å². The Balaban J connectivity index is 0.000000601. The van der Waals surface area contributed by atoms with Crippen molar-refractivity contribution < 1.29 is 54.3 Å². The largest absolute Gasteiger partial charge is 0.481 e. The molecular formula is C24H22O11. The monoisotopic (exact) mass is 486 g/mol. The van der Waals surface area contributed by atoms with Gasteiger partial charge >= 0.3 is 29.8 Å². The molecular weight excluding hydrogens is 464 g/mol. The van der Waals surface area contributed by atoms with Gasteiger partial charge in [0.25, 0.3) is 0 Å². The van der Waals surface area contributed by atoms with Crippen molar-refractivity contribution >= 4 is 35.6 Å². The maximum absolute atomic E-state index is 12.2. The SMILES string of the molecule is CC(C(=O)O)c1cccc(C(=O)c2ccccc2)c1.O=C(O)C=CC(=O)O.O=C(O)C=CC(=O)O. The van der Waals surface area contributed by atoms with Crippen molar-refractivity contribution in [1.82, 2.24) is 0 Å². The molecule has 0 saturated carbocycles. The standard InChI is InChI=1S/C16H14O3.2C4H4O4/c1-11(16(18)19)13-8-5-9-14(10-13)15(17)12-6-3-2-4-7-12;2*5-3(6)1-2-4(7)8/h2-11H,1H3,(H,18,19);2*1-2H,(H,5,6)(H,7,8). The molecule has 0 aliphatic rings. The van der Waals surface area contributed by atoms with Crippen LogP contribution in [0.25, 0.3) is 0 Å². The third kappa shape index (κ3) is 13.9. The molecule has 2 aromatic carbocycles. The zero-order valence-electron chi connectivity index (χ0n) is 18.3. The first kappa shape index (κ1) is 29.9.